The molecule has 0 spiro atoms. The Kier molecular flexibility index (Phi) is 5.55. The fourth-order valence-electron chi connectivity index (χ4n) is 2.99. The van der Waals surface area contributed by atoms with Gasteiger partial charge >= 0.3 is 5.97 Å². The van der Waals surface area contributed by atoms with Crippen LogP contribution in [0.25, 0.3) is 0 Å². The summed E-state index contributed by atoms with van der Waals surface area (Å²) < 4.78 is 0. The van der Waals surface area contributed by atoms with Gasteiger partial charge in [-0.2, -0.15) is 0 Å². The fraction of sp³-hybridized carbons (Fsp3) is 0.529. The Morgan fingerprint density at radius 2 is 2.00 bits per heavy atom. The average molecular weight is 304 g/mol. The van der Waals surface area contributed by atoms with Crippen molar-refractivity contribution in [2.75, 3.05) is 13.1 Å². The van der Waals surface area contributed by atoms with E-state index >= 15 is 0 Å². The maximum Gasteiger partial charge on any atom is 0.320 e. The number of carbonyl (C=O) groups is 2. The topological polar surface area (TPSA) is 69.6 Å². The quantitative estimate of drug-likeness (QED) is 0.844. The molecule has 2 N–H and O–H groups in total. The molecule has 1 aromatic rings. The molecule has 22 heavy (non-hydrogen) atoms. The van der Waals surface area contributed by atoms with Crippen molar-refractivity contribution in [2.24, 2.45) is 5.92 Å². The van der Waals surface area contributed by atoms with Crippen LogP contribution in [0.3, 0.4) is 0 Å². The number of nitrogens with one attached hydrogen (secondary N) is 1. The average Bonchev–Trinajstić information content (AvgIpc) is 2.93. The molecule has 1 aliphatic rings. The van der Waals surface area contributed by atoms with E-state index in [2.05, 4.69) is 19.2 Å². The predicted octanol–water partition coefficient (Wildman–Crippen LogP) is 2.05. The molecule has 5 heteroatoms. The second kappa shape index (κ2) is 7.40. The van der Waals surface area contributed by atoms with Gasteiger partial charge in [-0.05, 0) is 30.9 Å². The summed E-state index contributed by atoms with van der Waals surface area (Å²) in [5, 5.41) is 12.2. The van der Waals surface area contributed by atoms with E-state index < -0.39 is 12.0 Å². The Labute approximate surface area is 131 Å². The monoisotopic (exact) mass is 304 g/mol. The van der Waals surface area contributed by atoms with E-state index in [4.69, 9.17) is 0 Å². The van der Waals surface area contributed by atoms with Crippen molar-refractivity contribution in [3.8, 4) is 0 Å². The maximum atomic E-state index is 12.3. The molecule has 5 nitrogen and oxygen atoms in total. The molecule has 0 radical (unpaired) electrons. The fourth-order valence-corrected chi connectivity index (χ4v) is 2.99. The summed E-state index contributed by atoms with van der Waals surface area (Å²) in [4.78, 5) is 25.2. The molecule has 120 valence electrons. The van der Waals surface area contributed by atoms with Crippen LogP contribution in [0.15, 0.2) is 30.3 Å². The van der Waals surface area contributed by atoms with Crippen molar-refractivity contribution in [3.63, 3.8) is 0 Å². The molecular weight excluding hydrogens is 280 g/mol. The third kappa shape index (κ3) is 4.07. The highest BCUT2D eigenvalue weighted by Gasteiger charge is 2.32. The Morgan fingerprint density at radius 3 is 2.59 bits per heavy atom. The van der Waals surface area contributed by atoms with Crippen LogP contribution in [0.5, 0.6) is 0 Å². The van der Waals surface area contributed by atoms with Gasteiger partial charge in [0.05, 0.1) is 12.6 Å². The number of carboxylic acid groups (broad SMARTS) is 1. The lowest BCUT2D eigenvalue weighted by Crippen LogP contribution is -2.44. The highest BCUT2D eigenvalue weighted by Crippen LogP contribution is 2.22. The van der Waals surface area contributed by atoms with E-state index in [1.54, 1.807) is 4.90 Å². The van der Waals surface area contributed by atoms with Gasteiger partial charge in [-0.15, -0.1) is 0 Å². The Bertz CT molecular complexity index is 516. The number of benzene rings is 1. The molecule has 2 atom stereocenters. The van der Waals surface area contributed by atoms with E-state index in [0.717, 1.165) is 12.0 Å². The highest BCUT2D eigenvalue weighted by molar-refractivity contribution is 5.80. The van der Waals surface area contributed by atoms with E-state index in [1.807, 2.05) is 30.3 Å². The van der Waals surface area contributed by atoms with Crippen LogP contribution < -0.4 is 5.32 Å². The van der Waals surface area contributed by atoms with Gasteiger partial charge in [0.25, 0.3) is 0 Å². The predicted molar refractivity (Wildman–Crippen MR) is 84.4 cm³/mol. The summed E-state index contributed by atoms with van der Waals surface area (Å²) in [5.74, 6) is -0.690. The third-order valence-corrected chi connectivity index (χ3v) is 4.14. The molecule has 0 aromatic heterocycles. The zero-order valence-corrected chi connectivity index (χ0v) is 13.2. The zero-order chi connectivity index (χ0) is 16.1. The van der Waals surface area contributed by atoms with Crippen LogP contribution >= 0.6 is 0 Å². The second-order valence-electron chi connectivity index (χ2n) is 6.17. The number of nitrogens with zero attached hydrogens (tertiary/aromatic N) is 1. The summed E-state index contributed by atoms with van der Waals surface area (Å²) in [6, 6.07) is 9.28. The van der Waals surface area contributed by atoms with Crippen molar-refractivity contribution >= 4 is 11.9 Å². The van der Waals surface area contributed by atoms with E-state index in [-0.39, 0.29) is 24.4 Å². The minimum atomic E-state index is -0.839. The highest BCUT2D eigenvalue weighted by atomic mass is 16.4. The smallest absolute Gasteiger partial charge is 0.320 e. The number of aliphatic carboxylic acids is 1. The number of hydrogen-bond donors (Lipinski definition) is 2. The molecule has 1 aliphatic heterocycles. The Balaban J connectivity index is 1.99. The molecule has 1 saturated heterocycles. The van der Waals surface area contributed by atoms with Crippen LogP contribution in [0.1, 0.15) is 38.3 Å². The maximum absolute atomic E-state index is 12.3. The number of hydrogen-bond acceptors (Lipinski definition) is 3. The largest absolute Gasteiger partial charge is 0.480 e. The first-order chi connectivity index (χ1) is 10.5. The number of amides is 1. The Morgan fingerprint density at radius 1 is 1.32 bits per heavy atom. The van der Waals surface area contributed by atoms with Crippen molar-refractivity contribution < 1.29 is 14.7 Å². The van der Waals surface area contributed by atoms with E-state index in [0.29, 0.717) is 13.0 Å². The van der Waals surface area contributed by atoms with Crippen LogP contribution in [-0.4, -0.2) is 41.0 Å². The molecule has 1 unspecified atom stereocenters. The lowest BCUT2D eigenvalue weighted by atomic mass is 9.96. The summed E-state index contributed by atoms with van der Waals surface area (Å²) in [6.07, 6.45) is 1.45. The van der Waals surface area contributed by atoms with Crippen molar-refractivity contribution in [1.82, 2.24) is 10.2 Å². The van der Waals surface area contributed by atoms with Crippen LogP contribution in [0, 0.1) is 5.92 Å². The lowest BCUT2D eigenvalue weighted by Gasteiger charge is -2.26. The van der Waals surface area contributed by atoms with Crippen LogP contribution in [0.2, 0.25) is 0 Å². The molecular formula is C17H24N2O3. The molecule has 1 fully saturated rings. The minimum absolute atomic E-state index is 0.0559. The second-order valence-corrected chi connectivity index (χ2v) is 6.17. The lowest BCUT2D eigenvalue weighted by molar-refractivity contribution is -0.142. The molecule has 0 saturated carbocycles. The van der Waals surface area contributed by atoms with Crippen molar-refractivity contribution in [3.05, 3.63) is 35.9 Å². The van der Waals surface area contributed by atoms with Gasteiger partial charge in [0.15, 0.2) is 0 Å². The van der Waals surface area contributed by atoms with Crippen LogP contribution in [-0.2, 0) is 9.59 Å². The number of likely N-dealkylation sites (tertiary alicyclic amines) is 1. The Hall–Kier alpha value is -1.88. The van der Waals surface area contributed by atoms with Gasteiger partial charge in [0.2, 0.25) is 5.91 Å². The van der Waals surface area contributed by atoms with Gasteiger partial charge in [0.1, 0.15) is 6.04 Å². The molecule has 1 heterocycles. The summed E-state index contributed by atoms with van der Waals surface area (Å²) in [7, 11) is 0. The molecule has 0 aliphatic carbocycles. The standard InChI is InChI=1S/C17H24N2O3/c1-12(2)16(13-7-4-3-5-8-13)18-15(20)11-19-10-6-9-14(19)17(21)22/h3-5,7-8,12,14,16H,6,9-11H2,1-2H3,(H,18,20)(H,21,22)/t14-,16?/m1/s1. The first-order valence-corrected chi connectivity index (χ1v) is 7.80. The third-order valence-electron chi connectivity index (χ3n) is 4.14. The SMILES string of the molecule is CC(C)C(NC(=O)CN1CCC[C@@H]1C(=O)O)c1ccccc1. The van der Waals surface area contributed by atoms with Gasteiger partial charge in [-0.3, -0.25) is 14.5 Å². The summed E-state index contributed by atoms with van der Waals surface area (Å²) in [5.41, 5.74) is 1.07. The minimum Gasteiger partial charge on any atom is -0.480 e. The van der Waals surface area contributed by atoms with Gasteiger partial charge in [-0.1, -0.05) is 44.2 Å². The molecule has 2 rings (SSSR count). The van der Waals surface area contributed by atoms with Gasteiger partial charge in [-0.25, -0.2) is 0 Å². The normalized spacial score (nSPS) is 20.0. The number of rotatable bonds is 6. The number of carboxylic acids is 1. The molecule has 0 bridgehead atoms. The first-order valence-electron chi connectivity index (χ1n) is 7.80. The van der Waals surface area contributed by atoms with E-state index in [1.165, 1.54) is 0 Å². The first kappa shape index (κ1) is 16.5. The molecule has 1 aromatic carbocycles. The number of carbonyl (C=O) groups excluding carboxylic acids is 1. The van der Waals surface area contributed by atoms with Crippen molar-refractivity contribution in [1.29, 1.82) is 0 Å². The zero-order valence-electron chi connectivity index (χ0n) is 13.2. The summed E-state index contributed by atoms with van der Waals surface area (Å²) in [6.45, 7) is 4.94. The molecule has 1 amide bonds. The summed E-state index contributed by atoms with van der Waals surface area (Å²) >= 11 is 0. The van der Waals surface area contributed by atoms with Crippen LogP contribution in [0.4, 0.5) is 0 Å². The van der Waals surface area contributed by atoms with E-state index in [9.17, 15) is 14.7 Å². The van der Waals surface area contributed by atoms with Crippen molar-refractivity contribution in [2.45, 2.75) is 38.8 Å². The van der Waals surface area contributed by atoms with Gasteiger partial charge < -0.3 is 10.4 Å². The van der Waals surface area contributed by atoms with Gasteiger partial charge in [0, 0.05) is 0 Å².